The van der Waals surface area contributed by atoms with Gasteiger partial charge in [-0.05, 0) is 49.2 Å². The molecule has 1 N–H and O–H groups in total. The van der Waals surface area contributed by atoms with Gasteiger partial charge in [0.15, 0.2) is 0 Å². The van der Waals surface area contributed by atoms with Crippen molar-refractivity contribution in [3.8, 4) is 0 Å². The van der Waals surface area contributed by atoms with Gasteiger partial charge in [0, 0.05) is 17.5 Å². The van der Waals surface area contributed by atoms with Crippen molar-refractivity contribution in [1.29, 1.82) is 0 Å². The minimum absolute atomic E-state index is 0.0614. The molecular formula is C18H16N4O2. The Labute approximate surface area is 139 Å². The monoisotopic (exact) mass is 320 g/mol. The minimum Gasteiger partial charge on any atom is -0.261 e. The number of aryl methyl sites for hydroxylation is 1. The smallest absolute Gasteiger partial charge is 0.261 e. The van der Waals surface area contributed by atoms with E-state index >= 15 is 0 Å². The first-order valence-electron chi connectivity index (χ1n) is 7.46. The molecule has 1 heterocycles. The number of nitrogens with zero attached hydrogens (tertiary/aromatic N) is 3. The van der Waals surface area contributed by atoms with E-state index in [1.807, 2.05) is 44.2 Å². The third-order valence-electron chi connectivity index (χ3n) is 3.76. The molecule has 0 spiro atoms. The molecule has 0 saturated heterocycles. The highest BCUT2D eigenvalue weighted by molar-refractivity contribution is 5.99. The van der Waals surface area contributed by atoms with Gasteiger partial charge in [0.1, 0.15) is 5.82 Å². The van der Waals surface area contributed by atoms with Crippen LogP contribution in [-0.2, 0) is 0 Å². The molecule has 2 aromatic carbocycles. The molecule has 0 amide bonds. The van der Waals surface area contributed by atoms with Crippen LogP contribution in [0.25, 0.3) is 10.9 Å². The van der Waals surface area contributed by atoms with E-state index in [4.69, 9.17) is 0 Å². The number of nitrogens with one attached hydrogen (secondary N) is 1. The van der Waals surface area contributed by atoms with Crippen molar-refractivity contribution in [2.75, 3.05) is 5.43 Å². The molecular weight excluding hydrogens is 304 g/mol. The predicted molar refractivity (Wildman–Crippen MR) is 95.4 cm³/mol. The quantitative estimate of drug-likeness (QED) is 0.442. The molecule has 3 rings (SSSR count). The number of rotatable bonds is 4. The van der Waals surface area contributed by atoms with Gasteiger partial charge in [-0.15, -0.1) is 0 Å². The number of pyridine rings is 1. The van der Waals surface area contributed by atoms with Gasteiger partial charge in [0.2, 0.25) is 0 Å². The summed E-state index contributed by atoms with van der Waals surface area (Å²) in [5.41, 5.74) is 6.57. The highest BCUT2D eigenvalue weighted by Gasteiger charge is 2.06. The number of nitro benzene ring substituents is 1. The van der Waals surface area contributed by atoms with Crippen LogP contribution in [0.3, 0.4) is 0 Å². The fourth-order valence-corrected chi connectivity index (χ4v) is 2.44. The summed E-state index contributed by atoms with van der Waals surface area (Å²) in [5, 5.41) is 16.1. The van der Waals surface area contributed by atoms with Gasteiger partial charge in [-0.1, -0.05) is 18.2 Å². The first kappa shape index (κ1) is 15.6. The average molecular weight is 320 g/mol. The van der Waals surface area contributed by atoms with Crippen LogP contribution in [0.15, 0.2) is 59.7 Å². The molecule has 0 aliphatic heterocycles. The van der Waals surface area contributed by atoms with Crippen LogP contribution in [0.5, 0.6) is 0 Å². The van der Waals surface area contributed by atoms with Crippen LogP contribution in [0.1, 0.15) is 18.1 Å². The molecule has 0 bridgehead atoms. The normalized spacial score (nSPS) is 11.5. The van der Waals surface area contributed by atoms with E-state index in [0.717, 1.165) is 27.7 Å². The Morgan fingerprint density at radius 3 is 2.58 bits per heavy atom. The maximum atomic E-state index is 10.7. The van der Waals surface area contributed by atoms with Gasteiger partial charge in [-0.2, -0.15) is 5.10 Å². The molecule has 1 aromatic heterocycles. The Morgan fingerprint density at radius 1 is 1.17 bits per heavy atom. The van der Waals surface area contributed by atoms with Crippen LogP contribution in [0.2, 0.25) is 0 Å². The zero-order valence-electron chi connectivity index (χ0n) is 13.4. The molecule has 0 aliphatic carbocycles. The molecule has 120 valence electrons. The van der Waals surface area contributed by atoms with E-state index in [1.54, 1.807) is 12.1 Å². The number of hydrazone groups is 1. The number of anilines is 1. The second-order valence-electron chi connectivity index (χ2n) is 5.45. The number of nitro groups is 1. The SMILES string of the molecule is C/C(=N\Nc1cc(C)c2ccccc2n1)c1ccc([N+](=O)[O-])cc1. The van der Waals surface area contributed by atoms with E-state index in [0.29, 0.717) is 5.82 Å². The van der Waals surface area contributed by atoms with E-state index in [-0.39, 0.29) is 5.69 Å². The lowest BCUT2D eigenvalue weighted by molar-refractivity contribution is -0.384. The average Bonchev–Trinajstić information content (AvgIpc) is 2.60. The van der Waals surface area contributed by atoms with E-state index < -0.39 is 4.92 Å². The van der Waals surface area contributed by atoms with Crippen LogP contribution >= 0.6 is 0 Å². The molecule has 24 heavy (non-hydrogen) atoms. The molecule has 0 unspecified atom stereocenters. The van der Waals surface area contributed by atoms with Gasteiger partial charge in [0.05, 0.1) is 16.2 Å². The lowest BCUT2D eigenvalue weighted by Gasteiger charge is -2.07. The van der Waals surface area contributed by atoms with E-state index in [2.05, 4.69) is 15.5 Å². The van der Waals surface area contributed by atoms with Crippen LogP contribution in [0, 0.1) is 17.0 Å². The van der Waals surface area contributed by atoms with Crippen molar-refractivity contribution in [3.63, 3.8) is 0 Å². The lowest BCUT2D eigenvalue weighted by atomic mass is 10.1. The number of benzene rings is 2. The summed E-state index contributed by atoms with van der Waals surface area (Å²) in [6.07, 6.45) is 0. The molecule has 0 atom stereocenters. The third-order valence-corrected chi connectivity index (χ3v) is 3.76. The Morgan fingerprint density at radius 2 is 1.88 bits per heavy atom. The maximum Gasteiger partial charge on any atom is 0.269 e. The van der Waals surface area contributed by atoms with Crippen molar-refractivity contribution in [2.45, 2.75) is 13.8 Å². The first-order valence-corrected chi connectivity index (χ1v) is 7.46. The van der Waals surface area contributed by atoms with Crippen molar-refractivity contribution in [2.24, 2.45) is 5.10 Å². The second-order valence-corrected chi connectivity index (χ2v) is 5.45. The molecule has 6 nitrogen and oxygen atoms in total. The fraction of sp³-hybridized carbons (Fsp3) is 0.111. The van der Waals surface area contributed by atoms with Crippen LogP contribution < -0.4 is 5.43 Å². The molecule has 0 aliphatic rings. The molecule has 0 fully saturated rings. The summed E-state index contributed by atoms with van der Waals surface area (Å²) in [6.45, 7) is 3.87. The number of hydrogen-bond donors (Lipinski definition) is 1. The largest absolute Gasteiger partial charge is 0.269 e. The molecule has 3 aromatic rings. The lowest BCUT2D eigenvalue weighted by Crippen LogP contribution is -2.01. The first-order chi connectivity index (χ1) is 11.5. The Hall–Kier alpha value is -3.28. The number of non-ortho nitro benzene ring substituents is 1. The third kappa shape index (κ3) is 3.22. The second kappa shape index (κ2) is 6.45. The number of hydrogen-bond acceptors (Lipinski definition) is 5. The summed E-state index contributed by atoms with van der Waals surface area (Å²) in [5.74, 6) is 0.660. The Kier molecular flexibility index (Phi) is 4.20. The predicted octanol–water partition coefficient (Wildman–Crippen LogP) is 4.29. The van der Waals surface area contributed by atoms with Gasteiger partial charge in [0.25, 0.3) is 5.69 Å². The van der Waals surface area contributed by atoms with E-state index in [9.17, 15) is 10.1 Å². The summed E-state index contributed by atoms with van der Waals surface area (Å²) in [7, 11) is 0. The zero-order chi connectivity index (χ0) is 17.1. The summed E-state index contributed by atoms with van der Waals surface area (Å²) < 4.78 is 0. The summed E-state index contributed by atoms with van der Waals surface area (Å²) in [4.78, 5) is 14.8. The van der Waals surface area contributed by atoms with Gasteiger partial charge in [-0.25, -0.2) is 4.98 Å². The fourth-order valence-electron chi connectivity index (χ4n) is 2.44. The molecule has 0 radical (unpaired) electrons. The maximum absolute atomic E-state index is 10.7. The van der Waals surface area contributed by atoms with Gasteiger partial charge < -0.3 is 0 Å². The summed E-state index contributed by atoms with van der Waals surface area (Å²) in [6, 6.07) is 16.2. The Bertz CT molecular complexity index is 933. The summed E-state index contributed by atoms with van der Waals surface area (Å²) >= 11 is 0. The number of aromatic nitrogens is 1. The molecule has 0 saturated carbocycles. The highest BCUT2D eigenvalue weighted by atomic mass is 16.6. The van der Waals surface area contributed by atoms with E-state index in [1.165, 1.54) is 12.1 Å². The zero-order valence-corrected chi connectivity index (χ0v) is 13.4. The highest BCUT2D eigenvalue weighted by Crippen LogP contribution is 2.20. The van der Waals surface area contributed by atoms with Crippen LogP contribution in [-0.4, -0.2) is 15.6 Å². The number of fused-ring (bicyclic) bond motifs is 1. The van der Waals surface area contributed by atoms with Crippen molar-refractivity contribution >= 4 is 28.1 Å². The van der Waals surface area contributed by atoms with Crippen molar-refractivity contribution in [3.05, 3.63) is 75.8 Å². The minimum atomic E-state index is -0.420. The topological polar surface area (TPSA) is 80.4 Å². The standard InChI is InChI=1S/C18H16N4O2/c1-12-11-18(19-17-6-4-3-5-16(12)17)21-20-13(2)14-7-9-15(10-8-14)22(23)24/h3-11H,1-2H3,(H,19,21)/b20-13+. The van der Waals surface area contributed by atoms with Crippen LogP contribution in [0.4, 0.5) is 11.5 Å². The Balaban J connectivity index is 1.83. The van der Waals surface area contributed by atoms with Gasteiger partial charge >= 0.3 is 0 Å². The van der Waals surface area contributed by atoms with Gasteiger partial charge in [-0.3, -0.25) is 15.5 Å². The van der Waals surface area contributed by atoms with Crippen molar-refractivity contribution < 1.29 is 4.92 Å². The molecule has 6 heteroatoms. The number of para-hydroxylation sites is 1. The van der Waals surface area contributed by atoms with Crippen molar-refractivity contribution in [1.82, 2.24) is 4.98 Å².